The Morgan fingerprint density at radius 3 is 1.09 bits per heavy atom. The van der Waals surface area contributed by atoms with Crippen LogP contribution in [0.25, 0.3) is 0 Å². The molecule has 0 aromatic carbocycles. The van der Waals surface area contributed by atoms with Gasteiger partial charge in [0, 0.05) is 41.7 Å². The molecule has 0 radical (unpaired) electrons. The Labute approximate surface area is 95.8 Å². The average molecular weight is 335 g/mol. The Hall–Kier alpha value is 1.60. The standard InChI is InChI=1S/Ce.H3N.H4O7P2/c;;1-8(2,3)7-9(4,5)6/h;1H3;(H2,1,2,3)(H2,4,5,6). The third kappa shape index (κ3) is 18.5. The van der Waals surface area contributed by atoms with Gasteiger partial charge in [-0.15, -0.1) is 0 Å². The molecule has 0 rings (SSSR count). The van der Waals surface area contributed by atoms with Crippen molar-refractivity contribution in [3.8, 4) is 0 Å². The van der Waals surface area contributed by atoms with Gasteiger partial charge in [0.25, 0.3) is 0 Å². The van der Waals surface area contributed by atoms with E-state index in [-0.39, 0.29) is 47.9 Å². The Balaban J connectivity index is -0.000000320. The molecule has 0 heterocycles. The topological polar surface area (TPSA) is 159 Å². The fraction of sp³-hybridized carbons (Fsp3) is 0. The average Bonchev–Trinajstić information content (AvgIpc) is 1.14. The summed E-state index contributed by atoms with van der Waals surface area (Å²) in [6.07, 6.45) is 0. The zero-order valence-corrected chi connectivity index (χ0v) is 10.0. The minimum Gasteiger partial charge on any atom is -0.344 e. The van der Waals surface area contributed by atoms with Crippen LogP contribution in [0.5, 0.6) is 0 Å². The molecule has 7 N–H and O–H groups in total. The second-order valence-corrected chi connectivity index (χ2v) is 3.68. The molecule has 0 saturated carbocycles. The zero-order valence-electron chi connectivity index (χ0n) is 5.12. The van der Waals surface area contributed by atoms with Gasteiger partial charge in [-0.25, -0.2) is 9.13 Å². The van der Waals surface area contributed by atoms with E-state index in [1.807, 2.05) is 0 Å². The van der Waals surface area contributed by atoms with Crippen molar-refractivity contribution >= 4 is 15.6 Å². The molecule has 0 aliphatic rings. The summed E-state index contributed by atoms with van der Waals surface area (Å²) in [6, 6.07) is 0. The molecule has 0 aromatic heterocycles. The van der Waals surface area contributed by atoms with Gasteiger partial charge < -0.3 is 25.7 Å². The predicted octanol–water partition coefficient (Wildman–Crippen LogP) is -0.650. The van der Waals surface area contributed by atoms with Crippen LogP contribution in [0.3, 0.4) is 0 Å². The van der Waals surface area contributed by atoms with Gasteiger partial charge in [0.05, 0.1) is 0 Å². The Kier molecular flexibility index (Phi) is 10.2. The summed E-state index contributed by atoms with van der Waals surface area (Å²) in [4.78, 5) is 31.0. The van der Waals surface area contributed by atoms with Crippen LogP contribution in [0, 0.1) is 41.7 Å². The van der Waals surface area contributed by atoms with E-state index >= 15 is 0 Å². The Morgan fingerprint density at radius 2 is 1.09 bits per heavy atom. The summed E-state index contributed by atoms with van der Waals surface area (Å²) in [7, 11) is -10.1. The van der Waals surface area contributed by atoms with Crippen LogP contribution in [0.15, 0.2) is 0 Å². The summed E-state index contributed by atoms with van der Waals surface area (Å²) in [5.74, 6) is 0. The van der Waals surface area contributed by atoms with Crippen molar-refractivity contribution in [3.05, 3.63) is 0 Å². The van der Waals surface area contributed by atoms with E-state index in [4.69, 9.17) is 19.6 Å². The van der Waals surface area contributed by atoms with Gasteiger partial charge in [0.1, 0.15) is 0 Å². The summed E-state index contributed by atoms with van der Waals surface area (Å²) in [5, 5.41) is 0. The first-order valence-corrected chi connectivity index (χ1v) is 4.59. The zero-order chi connectivity index (χ0) is 7.71. The van der Waals surface area contributed by atoms with E-state index < -0.39 is 15.6 Å². The van der Waals surface area contributed by atoms with Gasteiger partial charge in [0.2, 0.25) is 0 Å². The molecule has 0 atom stereocenters. The van der Waals surface area contributed by atoms with Crippen LogP contribution in [0.1, 0.15) is 0 Å². The smallest absolute Gasteiger partial charge is 0.344 e. The van der Waals surface area contributed by atoms with Crippen molar-refractivity contribution in [1.29, 1.82) is 0 Å². The third-order valence-electron chi connectivity index (χ3n) is 0.213. The number of rotatable bonds is 2. The largest absolute Gasteiger partial charge is 0.478 e. The quantitative estimate of drug-likeness (QED) is 0.416. The van der Waals surface area contributed by atoms with Crippen molar-refractivity contribution in [3.63, 3.8) is 0 Å². The molecule has 11 heavy (non-hydrogen) atoms. The Morgan fingerprint density at radius 1 is 0.909 bits per heavy atom. The fourth-order valence-corrected chi connectivity index (χ4v) is 1.25. The first kappa shape index (κ1) is 18.4. The van der Waals surface area contributed by atoms with Crippen molar-refractivity contribution < 1.29 is 74.8 Å². The van der Waals surface area contributed by atoms with Crippen LogP contribution >= 0.6 is 15.6 Å². The number of hydrogen-bond acceptors (Lipinski definition) is 4. The molecular weight excluding hydrogens is 328 g/mol. The van der Waals surface area contributed by atoms with Crippen molar-refractivity contribution in [2.75, 3.05) is 0 Å². The maximum atomic E-state index is 9.63. The first-order chi connectivity index (χ1) is 3.71. The van der Waals surface area contributed by atoms with E-state index in [2.05, 4.69) is 4.31 Å². The van der Waals surface area contributed by atoms with Gasteiger partial charge in [-0.3, -0.25) is 0 Å². The van der Waals surface area contributed by atoms with Crippen molar-refractivity contribution in [2.24, 2.45) is 0 Å². The minimum atomic E-state index is -5.05. The van der Waals surface area contributed by atoms with Crippen molar-refractivity contribution in [2.45, 2.75) is 0 Å². The monoisotopic (exact) mass is 335 g/mol. The van der Waals surface area contributed by atoms with E-state index in [0.29, 0.717) is 0 Å². The molecule has 68 valence electrons. The number of hydrogen-bond donors (Lipinski definition) is 5. The molecule has 8 nitrogen and oxygen atoms in total. The first-order valence-electron chi connectivity index (χ1n) is 1.53. The molecule has 0 aliphatic heterocycles. The van der Waals surface area contributed by atoms with Gasteiger partial charge >= 0.3 is 15.6 Å². The van der Waals surface area contributed by atoms with Crippen molar-refractivity contribution in [1.82, 2.24) is 6.15 Å². The number of phosphoric acid groups is 2. The Bertz CT molecular complexity index is 157. The summed E-state index contributed by atoms with van der Waals surface area (Å²) in [6.45, 7) is 0. The fourth-order valence-electron chi connectivity index (χ4n) is 0.139. The van der Waals surface area contributed by atoms with Gasteiger partial charge in [-0.05, 0) is 0 Å². The molecule has 0 spiro atoms. The second kappa shape index (κ2) is 6.11. The van der Waals surface area contributed by atoms with Crippen LogP contribution in [0.4, 0.5) is 0 Å². The molecule has 0 amide bonds. The van der Waals surface area contributed by atoms with E-state index in [0.717, 1.165) is 0 Å². The van der Waals surface area contributed by atoms with E-state index in [9.17, 15) is 9.13 Å². The van der Waals surface area contributed by atoms with Gasteiger partial charge in [-0.1, -0.05) is 0 Å². The molecule has 0 saturated heterocycles. The summed E-state index contributed by atoms with van der Waals surface area (Å²) < 4.78 is 22.2. The summed E-state index contributed by atoms with van der Waals surface area (Å²) in [5.41, 5.74) is 0. The molecule has 0 bridgehead atoms. The van der Waals surface area contributed by atoms with Crippen LogP contribution in [-0.2, 0) is 13.4 Å². The van der Waals surface area contributed by atoms with E-state index in [1.165, 1.54) is 0 Å². The molecular formula is H7CeNO7P2. The van der Waals surface area contributed by atoms with E-state index in [1.54, 1.807) is 0 Å². The van der Waals surface area contributed by atoms with Crippen LogP contribution in [-0.4, -0.2) is 19.6 Å². The SMILES string of the molecule is N.O=P(O)(O)OP(=O)(O)O.[Ce]. The van der Waals surface area contributed by atoms with Crippen LogP contribution < -0.4 is 6.15 Å². The molecule has 0 fully saturated rings. The maximum Gasteiger partial charge on any atom is 0.478 e. The molecule has 0 aliphatic carbocycles. The third-order valence-corrected chi connectivity index (χ3v) is 1.91. The predicted molar refractivity (Wildman–Crippen MR) is 30.2 cm³/mol. The van der Waals surface area contributed by atoms with Crippen LogP contribution in [0.2, 0.25) is 0 Å². The normalized spacial score (nSPS) is 11.3. The molecule has 11 heteroatoms. The molecule has 0 unspecified atom stereocenters. The van der Waals surface area contributed by atoms with Gasteiger partial charge in [-0.2, -0.15) is 4.31 Å². The van der Waals surface area contributed by atoms with Gasteiger partial charge in [0.15, 0.2) is 0 Å². The minimum absolute atomic E-state index is 0. The maximum absolute atomic E-state index is 9.63. The summed E-state index contributed by atoms with van der Waals surface area (Å²) >= 11 is 0. The second-order valence-electron chi connectivity index (χ2n) is 1.06. The molecule has 0 aromatic rings.